The van der Waals surface area contributed by atoms with Crippen LogP contribution in [0.1, 0.15) is 12.0 Å². The number of urea groups is 1. The summed E-state index contributed by atoms with van der Waals surface area (Å²) in [6.45, 7) is 1.58. The van der Waals surface area contributed by atoms with Crippen LogP contribution in [-0.2, 0) is 11.3 Å². The van der Waals surface area contributed by atoms with E-state index < -0.39 is 5.54 Å². The van der Waals surface area contributed by atoms with Crippen molar-refractivity contribution in [2.75, 3.05) is 13.1 Å². The lowest BCUT2D eigenvalue weighted by Crippen LogP contribution is -2.48. The predicted octanol–water partition coefficient (Wildman–Crippen LogP) is 1.23. The summed E-state index contributed by atoms with van der Waals surface area (Å²) < 4.78 is 0.904. The summed E-state index contributed by atoms with van der Waals surface area (Å²) in [4.78, 5) is 25.8. The lowest BCUT2D eigenvalue weighted by atomic mass is 9.99. The van der Waals surface area contributed by atoms with Crippen LogP contribution in [0, 0.1) is 0 Å². The number of nitrogens with zero attached hydrogens (tertiary/aromatic N) is 1. The Morgan fingerprint density at radius 1 is 1.32 bits per heavy atom. The van der Waals surface area contributed by atoms with E-state index in [1.165, 1.54) is 4.90 Å². The van der Waals surface area contributed by atoms with E-state index in [-0.39, 0.29) is 11.9 Å². The topological polar surface area (TPSA) is 61.4 Å². The maximum Gasteiger partial charge on any atom is 0.325 e. The van der Waals surface area contributed by atoms with Crippen molar-refractivity contribution in [1.82, 2.24) is 15.5 Å². The quantitative estimate of drug-likeness (QED) is 0.805. The number of nitrogens with one attached hydrogen (secondary N) is 2. The van der Waals surface area contributed by atoms with E-state index in [1.807, 2.05) is 24.3 Å². The molecular formula is C13H14BrN3O2. The highest BCUT2D eigenvalue weighted by Crippen LogP contribution is 2.27. The lowest BCUT2D eigenvalue weighted by Gasteiger charge is -2.19. The van der Waals surface area contributed by atoms with Gasteiger partial charge in [-0.15, -0.1) is 0 Å². The van der Waals surface area contributed by atoms with Crippen molar-refractivity contribution in [3.8, 4) is 0 Å². The minimum atomic E-state index is -0.724. The van der Waals surface area contributed by atoms with Crippen molar-refractivity contribution in [1.29, 1.82) is 0 Å². The van der Waals surface area contributed by atoms with E-state index in [9.17, 15) is 9.59 Å². The summed E-state index contributed by atoms with van der Waals surface area (Å²) in [5, 5.41) is 5.96. The van der Waals surface area contributed by atoms with Crippen molar-refractivity contribution in [2.45, 2.75) is 18.5 Å². The number of amides is 3. The third kappa shape index (κ3) is 2.04. The number of halogens is 1. The second kappa shape index (κ2) is 4.61. The van der Waals surface area contributed by atoms with E-state index in [1.54, 1.807) is 0 Å². The van der Waals surface area contributed by atoms with Gasteiger partial charge in [0, 0.05) is 11.0 Å². The summed E-state index contributed by atoms with van der Waals surface area (Å²) in [7, 11) is 0. The molecule has 19 heavy (non-hydrogen) atoms. The van der Waals surface area contributed by atoms with Gasteiger partial charge in [0.15, 0.2) is 0 Å². The molecule has 1 aromatic carbocycles. The zero-order chi connectivity index (χ0) is 13.5. The first-order valence-corrected chi connectivity index (χ1v) is 7.00. The van der Waals surface area contributed by atoms with Crippen LogP contribution in [0.3, 0.4) is 0 Å². The van der Waals surface area contributed by atoms with E-state index >= 15 is 0 Å². The molecule has 0 bridgehead atoms. The van der Waals surface area contributed by atoms with Crippen molar-refractivity contribution < 1.29 is 9.59 Å². The molecule has 0 saturated carbocycles. The number of carbonyl (C=O) groups is 2. The van der Waals surface area contributed by atoms with Gasteiger partial charge in [0.05, 0.1) is 6.54 Å². The molecule has 2 aliphatic rings. The fourth-order valence-electron chi connectivity index (χ4n) is 2.60. The molecule has 1 aromatic rings. The first-order valence-electron chi connectivity index (χ1n) is 6.21. The molecule has 100 valence electrons. The first-order chi connectivity index (χ1) is 9.12. The van der Waals surface area contributed by atoms with Gasteiger partial charge in [-0.05, 0) is 24.6 Å². The highest BCUT2D eigenvalue weighted by molar-refractivity contribution is 9.10. The minimum Gasteiger partial charge on any atom is -0.322 e. The van der Waals surface area contributed by atoms with Crippen LogP contribution in [0.25, 0.3) is 0 Å². The Hall–Kier alpha value is -1.40. The van der Waals surface area contributed by atoms with Gasteiger partial charge in [0.25, 0.3) is 5.91 Å². The molecule has 3 amide bonds. The van der Waals surface area contributed by atoms with Gasteiger partial charge in [-0.3, -0.25) is 9.69 Å². The molecular weight excluding hydrogens is 310 g/mol. The Kier molecular flexibility index (Phi) is 3.06. The average molecular weight is 324 g/mol. The third-order valence-electron chi connectivity index (χ3n) is 3.69. The standard InChI is InChI=1S/C13H14BrN3O2/c14-10-4-2-1-3-9(10)7-17-11(18)13(16-12(17)19)5-6-15-8-13/h1-4,15H,5-8H2,(H,16,19). The van der Waals surface area contributed by atoms with Crippen LogP contribution in [0.15, 0.2) is 28.7 Å². The van der Waals surface area contributed by atoms with Gasteiger partial charge in [0.1, 0.15) is 5.54 Å². The molecule has 2 aliphatic heterocycles. The van der Waals surface area contributed by atoms with Crippen LogP contribution in [0.2, 0.25) is 0 Å². The molecule has 3 rings (SSSR count). The molecule has 2 N–H and O–H groups in total. The molecule has 2 heterocycles. The number of benzene rings is 1. The van der Waals surface area contributed by atoms with Gasteiger partial charge in [0.2, 0.25) is 0 Å². The average Bonchev–Trinajstić information content (AvgIpc) is 2.94. The second-order valence-electron chi connectivity index (χ2n) is 4.92. The summed E-state index contributed by atoms with van der Waals surface area (Å²) in [6.07, 6.45) is 0.657. The SMILES string of the molecule is O=C1NC2(CCNC2)C(=O)N1Cc1ccccc1Br. The molecule has 5 nitrogen and oxygen atoms in total. The fourth-order valence-corrected chi connectivity index (χ4v) is 3.01. The molecule has 1 unspecified atom stereocenters. The number of carbonyl (C=O) groups excluding carboxylic acids is 2. The van der Waals surface area contributed by atoms with Gasteiger partial charge in [-0.2, -0.15) is 0 Å². The van der Waals surface area contributed by atoms with Crippen LogP contribution >= 0.6 is 15.9 Å². The van der Waals surface area contributed by atoms with Gasteiger partial charge >= 0.3 is 6.03 Å². The predicted molar refractivity (Wildman–Crippen MR) is 73.4 cm³/mol. The lowest BCUT2D eigenvalue weighted by molar-refractivity contribution is -0.131. The van der Waals surface area contributed by atoms with Crippen LogP contribution in [0.5, 0.6) is 0 Å². The Morgan fingerprint density at radius 3 is 2.79 bits per heavy atom. The Balaban J connectivity index is 1.84. The molecule has 0 aliphatic carbocycles. The molecule has 1 atom stereocenters. The fraction of sp³-hybridized carbons (Fsp3) is 0.385. The summed E-state index contributed by atoms with van der Waals surface area (Å²) >= 11 is 3.44. The smallest absolute Gasteiger partial charge is 0.322 e. The van der Waals surface area contributed by atoms with Gasteiger partial charge < -0.3 is 10.6 Å². The number of hydrogen-bond acceptors (Lipinski definition) is 3. The van der Waals surface area contributed by atoms with E-state index in [0.29, 0.717) is 19.5 Å². The second-order valence-corrected chi connectivity index (χ2v) is 5.78. The van der Waals surface area contributed by atoms with E-state index in [0.717, 1.165) is 16.6 Å². The zero-order valence-electron chi connectivity index (χ0n) is 10.3. The van der Waals surface area contributed by atoms with Crippen molar-refractivity contribution in [3.05, 3.63) is 34.3 Å². The van der Waals surface area contributed by atoms with Crippen LogP contribution < -0.4 is 10.6 Å². The summed E-state index contributed by atoms with van der Waals surface area (Å²) in [5.41, 5.74) is 0.201. The number of hydrogen-bond donors (Lipinski definition) is 2. The Bertz CT molecular complexity index is 540. The van der Waals surface area contributed by atoms with Crippen molar-refractivity contribution >= 4 is 27.9 Å². The van der Waals surface area contributed by atoms with Crippen molar-refractivity contribution in [3.63, 3.8) is 0 Å². The van der Waals surface area contributed by atoms with E-state index in [2.05, 4.69) is 26.6 Å². The maximum atomic E-state index is 12.4. The highest BCUT2D eigenvalue weighted by Gasteiger charge is 2.52. The Labute approximate surface area is 119 Å². The molecule has 6 heteroatoms. The summed E-state index contributed by atoms with van der Waals surface area (Å²) in [6, 6.07) is 7.31. The first kappa shape index (κ1) is 12.6. The monoisotopic (exact) mass is 323 g/mol. The summed E-state index contributed by atoms with van der Waals surface area (Å²) in [5.74, 6) is -0.127. The van der Waals surface area contributed by atoms with E-state index in [4.69, 9.17) is 0 Å². The largest absolute Gasteiger partial charge is 0.325 e. The zero-order valence-corrected chi connectivity index (χ0v) is 11.9. The van der Waals surface area contributed by atoms with Gasteiger partial charge in [-0.1, -0.05) is 34.1 Å². The number of imide groups is 1. The number of rotatable bonds is 2. The highest BCUT2D eigenvalue weighted by atomic mass is 79.9. The Morgan fingerprint density at radius 2 is 2.11 bits per heavy atom. The molecule has 1 spiro atoms. The van der Waals surface area contributed by atoms with Crippen LogP contribution in [-0.4, -0.2) is 35.5 Å². The molecule has 0 aromatic heterocycles. The molecule has 2 saturated heterocycles. The third-order valence-corrected chi connectivity index (χ3v) is 4.46. The maximum absolute atomic E-state index is 12.4. The van der Waals surface area contributed by atoms with Crippen molar-refractivity contribution in [2.24, 2.45) is 0 Å². The minimum absolute atomic E-state index is 0.127. The molecule has 0 radical (unpaired) electrons. The normalized spacial score (nSPS) is 26.3. The molecule has 2 fully saturated rings. The van der Waals surface area contributed by atoms with Gasteiger partial charge in [-0.25, -0.2) is 4.79 Å². The van der Waals surface area contributed by atoms with Crippen LogP contribution in [0.4, 0.5) is 4.79 Å².